The van der Waals surface area contributed by atoms with Crippen LogP contribution in [0.1, 0.15) is 17.5 Å². The fourth-order valence-corrected chi connectivity index (χ4v) is 2.74. The SMILES string of the molecule is O=C(COc1ccc2c(c1)CCC2)Nc1cccc(Cl)c1. The molecule has 2 aromatic rings. The summed E-state index contributed by atoms with van der Waals surface area (Å²) in [6, 6.07) is 13.1. The van der Waals surface area contributed by atoms with E-state index in [1.807, 2.05) is 12.1 Å². The molecule has 3 rings (SSSR count). The lowest BCUT2D eigenvalue weighted by molar-refractivity contribution is -0.118. The molecule has 0 atom stereocenters. The van der Waals surface area contributed by atoms with Crippen molar-refractivity contribution in [1.29, 1.82) is 0 Å². The van der Waals surface area contributed by atoms with Crippen LogP contribution in [-0.2, 0) is 17.6 Å². The summed E-state index contributed by atoms with van der Waals surface area (Å²) in [5.74, 6) is 0.551. The molecule has 21 heavy (non-hydrogen) atoms. The summed E-state index contributed by atoms with van der Waals surface area (Å²) in [7, 11) is 0. The maximum Gasteiger partial charge on any atom is 0.262 e. The van der Waals surface area contributed by atoms with E-state index in [-0.39, 0.29) is 12.5 Å². The Balaban J connectivity index is 1.56. The van der Waals surface area contributed by atoms with Crippen molar-refractivity contribution >= 4 is 23.2 Å². The third-order valence-corrected chi connectivity index (χ3v) is 3.78. The van der Waals surface area contributed by atoms with Crippen LogP contribution in [0.2, 0.25) is 5.02 Å². The molecule has 0 bridgehead atoms. The van der Waals surface area contributed by atoms with Gasteiger partial charge in [-0.2, -0.15) is 0 Å². The summed E-state index contributed by atoms with van der Waals surface area (Å²) in [5, 5.41) is 3.35. The molecular weight excluding hydrogens is 286 g/mol. The smallest absolute Gasteiger partial charge is 0.262 e. The number of anilines is 1. The minimum atomic E-state index is -0.197. The Labute approximate surface area is 128 Å². The molecule has 0 saturated heterocycles. The van der Waals surface area contributed by atoms with E-state index < -0.39 is 0 Å². The van der Waals surface area contributed by atoms with Crippen molar-refractivity contribution in [3.05, 3.63) is 58.6 Å². The Morgan fingerprint density at radius 2 is 2.00 bits per heavy atom. The summed E-state index contributed by atoms with van der Waals surface area (Å²) >= 11 is 5.87. The number of carbonyl (C=O) groups is 1. The summed E-state index contributed by atoms with van der Waals surface area (Å²) in [6.45, 7) is -0.00863. The van der Waals surface area contributed by atoms with E-state index in [0.29, 0.717) is 10.7 Å². The molecule has 0 fully saturated rings. The average Bonchev–Trinajstić information content (AvgIpc) is 2.92. The number of hydrogen-bond donors (Lipinski definition) is 1. The molecule has 0 heterocycles. The lowest BCUT2D eigenvalue weighted by atomic mass is 10.1. The van der Waals surface area contributed by atoms with Crippen molar-refractivity contribution in [2.24, 2.45) is 0 Å². The van der Waals surface area contributed by atoms with E-state index in [0.717, 1.165) is 18.6 Å². The Bertz CT molecular complexity index is 670. The van der Waals surface area contributed by atoms with Gasteiger partial charge >= 0.3 is 0 Å². The van der Waals surface area contributed by atoms with Gasteiger partial charge in [0.05, 0.1) is 0 Å². The molecule has 0 radical (unpaired) electrons. The van der Waals surface area contributed by atoms with Crippen molar-refractivity contribution in [3.8, 4) is 5.75 Å². The average molecular weight is 302 g/mol. The van der Waals surface area contributed by atoms with Crippen LogP contribution in [0.15, 0.2) is 42.5 Å². The highest BCUT2D eigenvalue weighted by Crippen LogP contribution is 2.26. The number of hydrogen-bond acceptors (Lipinski definition) is 2. The van der Waals surface area contributed by atoms with E-state index in [1.54, 1.807) is 24.3 Å². The van der Waals surface area contributed by atoms with Gasteiger partial charge < -0.3 is 10.1 Å². The first-order valence-electron chi connectivity index (χ1n) is 7.01. The molecule has 1 aliphatic carbocycles. The van der Waals surface area contributed by atoms with E-state index in [4.69, 9.17) is 16.3 Å². The minimum absolute atomic E-state index is 0.00863. The van der Waals surface area contributed by atoms with E-state index in [2.05, 4.69) is 11.4 Å². The van der Waals surface area contributed by atoms with Crippen molar-refractivity contribution in [2.75, 3.05) is 11.9 Å². The van der Waals surface area contributed by atoms with Gasteiger partial charge in [0.2, 0.25) is 0 Å². The number of nitrogens with one attached hydrogen (secondary N) is 1. The van der Waals surface area contributed by atoms with Gasteiger partial charge in [0.1, 0.15) is 5.75 Å². The van der Waals surface area contributed by atoms with Crippen LogP contribution in [0.5, 0.6) is 5.75 Å². The fourth-order valence-electron chi connectivity index (χ4n) is 2.55. The lowest BCUT2D eigenvalue weighted by Crippen LogP contribution is -2.20. The van der Waals surface area contributed by atoms with Crippen LogP contribution in [0.25, 0.3) is 0 Å². The quantitative estimate of drug-likeness (QED) is 0.931. The Kier molecular flexibility index (Phi) is 4.11. The van der Waals surface area contributed by atoms with Gasteiger partial charge in [-0.25, -0.2) is 0 Å². The molecule has 0 aromatic heterocycles. The van der Waals surface area contributed by atoms with Crippen molar-refractivity contribution in [2.45, 2.75) is 19.3 Å². The third kappa shape index (κ3) is 3.56. The standard InChI is InChI=1S/C17H16ClNO2/c18-14-5-2-6-15(10-14)19-17(20)11-21-16-8-7-12-3-1-4-13(12)9-16/h2,5-10H,1,3-4,11H2,(H,19,20). The highest BCUT2D eigenvalue weighted by atomic mass is 35.5. The Hall–Kier alpha value is -2.00. The maximum absolute atomic E-state index is 11.9. The zero-order chi connectivity index (χ0) is 14.7. The first-order valence-corrected chi connectivity index (χ1v) is 7.38. The van der Waals surface area contributed by atoms with Gasteiger partial charge in [0.25, 0.3) is 5.91 Å². The topological polar surface area (TPSA) is 38.3 Å². The van der Waals surface area contributed by atoms with E-state index in [1.165, 1.54) is 17.5 Å². The molecule has 4 heteroatoms. The van der Waals surface area contributed by atoms with Gasteiger partial charge in [-0.1, -0.05) is 23.7 Å². The van der Waals surface area contributed by atoms with Crippen molar-refractivity contribution in [1.82, 2.24) is 0 Å². The second kappa shape index (κ2) is 6.19. The van der Waals surface area contributed by atoms with E-state index in [9.17, 15) is 4.79 Å². The highest BCUT2D eigenvalue weighted by molar-refractivity contribution is 6.30. The van der Waals surface area contributed by atoms with Crippen LogP contribution in [-0.4, -0.2) is 12.5 Å². The number of benzene rings is 2. The van der Waals surface area contributed by atoms with Crippen LogP contribution < -0.4 is 10.1 Å². The summed E-state index contributed by atoms with van der Waals surface area (Å²) in [5.41, 5.74) is 3.40. The number of carbonyl (C=O) groups excluding carboxylic acids is 1. The number of fused-ring (bicyclic) bond motifs is 1. The minimum Gasteiger partial charge on any atom is -0.484 e. The first-order chi connectivity index (χ1) is 10.2. The molecule has 108 valence electrons. The number of ether oxygens (including phenoxy) is 1. The van der Waals surface area contributed by atoms with Gasteiger partial charge in [-0.15, -0.1) is 0 Å². The van der Waals surface area contributed by atoms with Gasteiger partial charge in [0, 0.05) is 10.7 Å². The van der Waals surface area contributed by atoms with Crippen LogP contribution >= 0.6 is 11.6 Å². The molecule has 1 aliphatic rings. The second-order valence-corrected chi connectivity index (χ2v) is 5.57. The molecule has 3 nitrogen and oxygen atoms in total. The number of aryl methyl sites for hydroxylation is 2. The number of amides is 1. The largest absolute Gasteiger partial charge is 0.484 e. The maximum atomic E-state index is 11.9. The van der Waals surface area contributed by atoms with Crippen molar-refractivity contribution in [3.63, 3.8) is 0 Å². The van der Waals surface area contributed by atoms with Crippen LogP contribution in [0.4, 0.5) is 5.69 Å². The first kappa shape index (κ1) is 14.0. The molecule has 0 spiro atoms. The summed E-state index contributed by atoms with van der Waals surface area (Å²) in [4.78, 5) is 11.9. The number of halogens is 1. The summed E-state index contributed by atoms with van der Waals surface area (Å²) < 4.78 is 5.55. The molecule has 0 saturated carbocycles. The zero-order valence-electron chi connectivity index (χ0n) is 11.6. The highest BCUT2D eigenvalue weighted by Gasteiger charge is 2.12. The Morgan fingerprint density at radius 1 is 1.14 bits per heavy atom. The van der Waals surface area contributed by atoms with Crippen molar-refractivity contribution < 1.29 is 9.53 Å². The fraction of sp³-hybridized carbons (Fsp3) is 0.235. The molecule has 2 aromatic carbocycles. The van der Waals surface area contributed by atoms with Gasteiger partial charge in [-0.05, 0) is 60.7 Å². The third-order valence-electron chi connectivity index (χ3n) is 3.55. The van der Waals surface area contributed by atoms with E-state index >= 15 is 0 Å². The van der Waals surface area contributed by atoms with Gasteiger partial charge in [-0.3, -0.25) is 4.79 Å². The second-order valence-electron chi connectivity index (χ2n) is 5.13. The zero-order valence-corrected chi connectivity index (χ0v) is 12.3. The lowest BCUT2D eigenvalue weighted by Gasteiger charge is -2.09. The van der Waals surface area contributed by atoms with Gasteiger partial charge in [0.15, 0.2) is 6.61 Å². The molecule has 0 unspecified atom stereocenters. The monoisotopic (exact) mass is 301 g/mol. The predicted molar refractivity (Wildman–Crippen MR) is 84.0 cm³/mol. The predicted octanol–water partition coefficient (Wildman–Crippen LogP) is 3.85. The molecular formula is C17H16ClNO2. The summed E-state index contributed by atoms with van der Waals surface area (Å²) in [6.07, 6.45) is 3.44. The molecule has 1 N–H and O–H groups in total. The normalized spacial score (nSPS) is 12.8. The number of rotatable bonds is 4. The Morgan fingerprint density at radius 3 is 2.86 bits per heavy atom. The molecule has 0 aliphatic heterocycles. The van der Waals surface area contributed by atoms with Crippen LogP contribution in [0, 0.1) is 0 Å². The molecule has 1 amide bonds. The van der Waals surface area contributed by atoms with Crippen LogP contribution in [0.3, 0.4) is 0 Å².